The van der Waals surface area contributed by atoms with Crippen LogP contribution in [0.4, 0.5) is 13.2 Å². The van der Waals surface area contributed by atoms with Gasteiger partial charge in [0.25, 0.3) is 0 Å². The lowest BCUT2D eigenvalue weighted by molar-refractivity contribution is -0.137. The molecule has 1 aliphatic rings. The van der Waals surface area contributed by atoms with Crippen LogP contribution in [-0.4, -0.2) is 11.2 Å². The molecule has 1 saturated carbocycles. The first kappa shape index (κ1) is 18.1. The van der Waals surface area contributed by atoms with Crippen molar-refractivity contribution in [1.29, 1.82) is 0 Å². The Labute approximate surface area is 136 Å². The van der Waals surface area contributed by atoms with E-state index in [1.807, 2.05) is 0 Å². The molecule has 0 amide bonds. The molecule has 1 aromatic carbocycles. The Balaban J connectivity index is 1.88. The molecule has 0 spiro atoms. The lowest BCUT2D eigenvalue weighted by Crippen LogP contribution is -2.15. The maximum absolute atomic E-state index is 12.7. The molecule has 1 fully saturated rings. The minimum Gasteiger partial charge on any atom is -0.393 e. The molecule has 0 bridgehead atoms. The molecule has 0 aliphatic heterocycles. The van der Waals surface area contributed by atoms with E-state index in [0.717, 1.165) is 25.3 Å². The first-order valence-corrected chi connectivity index (χ1v) is 8.30. The van der Waals surface area contributed by atoms with Crippen LogP contribution in [0.2, 0.25) is 0 Å². The second kappa shape index (κ2) is 7.52. The number of allylic oxidation sites excluding steroid dienone is 1. The number of hydrogen-bond donors (Lipinski definition) is 1. The highest BCUT2D eigenvalue weighted by molar-refractivity contribution is 5.25. The second-order valence-electron chi connectivity index (χ2n) is 6.80. The SMILES string of the molecule is C[C@H](/C=C/[C@H]1[C@H](O)CC[C@@H]1C)CCc1cccc(C(F)(F)F)c1. The molecule has 0 radical (unpaired) electrons. The van der Waals surface area contributed by atoms with E-state index >= 15 is 0 Å². The van der Waals surface area contributed by atoms with Crippen LogP contribution in [-0.2, 0) is 12.6 Å². The van der Waals surface area contributed by atoms with Gasteiger partial charge in [0.1, 0.15) is 0 Å². The summed E-state index contributed by atoms with van der Waals surface area (Å²) in [5, 5.41) is 9.93. The highest BCUT2D eigenvalue weighted by Crippen LogP contribution is 2.33. The Bertz CT molecular complexity index is 526. The highest BCUT2D eigenvalue weighted by Gasteiger charge is 2.30. The molecule has 0 saturated heterocycles. The van der Waals surface area contributed by atoms with Gasteiger partial charge in [0.15, 0.2) is 0 Å². The van der Waals surface area contributed by atoms with Crippen LogP contribution in [0.15, 0.2) is 36.4 Å². The third-order valence-electron chi connectivity index (χ3n) is 4.82. The summed E-state index contributed by atoms with van der Waals surface area (Å²) in [4.78, 5) is 0. The molecule has 1 N–H and O–H groups in total. The average molecular weight is 326 g/mol. The lowest BCUT2D eigenvalue weighted by atomic mass is 9.93. The van der Waals surface area contributed by atoms with Crippen molar-refractivity contribution in [3.8, 4) is 0 Å². The van der Waals surface area contributed by atoms with Gasteiger partial charge < -0.3 is 5.11 Å². The van der Waals surface area contributed by atoms with E-state index in [1.54, 1.807) is 6.07 Å². The van der Waals surface area contributed by atoms with Gasteiger partial charge in [-0.15, -0.1) is 0 Å². The molecule has 0 unspecified atom stereocenters. The van der Waals surface area contributed by atoms with E-state index in [-0.39, 0.29) is 17.9 Å². The van der Waals surface area contributed by atoms with Gasteiger partial charge in [-0.2, -0.15) is 13.2 Å². The van der Waals surface area contributed by atoms with Crippen LogP contribution >= 0.6 is 0 Å². The van der Waals surface area contributed by atoms with E-state index in [9.17, 15) is 18.3 Å². The lowest BCUT2D eigenvalue weighted by Gasteiger charge is -2.15. The van der Waals surface area contributed by atoms with Gasteiger partial charge in [0.2, 0.25) is 0 Å². The first-order chi connectivity index (χ1) is 10.8. The fourth-order valence-corrected chi connectivity index (χ4v) is 3.23. The zero-order chi connectivity index (χ0) is 17.0. The Kier molecular flexibility index (Phi) is 5.90. The van der Waals surface area contributed by atoms with Crippen LogP contribution in [0.1, 0.15) is 44.2 Å². The van der Waals surface area contributed by atoms with Crippen molar-refractivity contribution in [2.75, 3.05) is 0 Å². The van der Waals surface area contributed by atoms with Gasteiger partial charge in [-0.3, -0.25) is 0 Å². The summed E-state index contributed by atoms with van der Waals surface area (Å²) >= 11 is 0. The van der Waals surface area contributed by atoms with Crippen molar-refractivity contribution in [1.82, 2.24) is 0 Å². The zero-order valence-corrected chi connectivity index (χ0v) is 13.7. The summed E-state index contributed by atoms with van der Waals surface area (Å²) in [6, 6.07) is 5.55. The number of alkyl halides is 3. The summed E-state index contributed by atoms with van der Waals surface area (Å²) in [5.74, 6) is 0.993. The van der Waals surface area contributed by atoms with Gasteiger partial charge in [-0.1, -0.05) is 44.2 Å². The molecule has 128 valence electrons. The summed E-state index contributed by atoms with van der Waals surface area (Å²) in [7, 11) is 0. The van der Waals surface area contributed by atoms with Crippen LogP contribution in [0.3, 0.4) is 0 Å². The summed E-state index contributed by atoms with van der Waals surface area (Å²) in [5.41, 5.74) is 0.135. The molecule has 0 heterocycles. The van der Waals surface area contributed by atoms with E-state index in [1.165, 1.54) is 12.1 Å². The fourth-order valence-electron chi connectivity index (χ4n) is 3.23. The number of rotatable bonds is 5. The third kappa shape index (κ3) is 5.10. The monoisotopic (exact) mass is 326 g/mol. The Hall–Kier alpha value is -1.29. The highest BCUT2D eigenvalue weighted by atomic mass is 19.4. The molecule has 1 aromatic rings. The van der Waals surface area contributed by atoms with Crippen LogP contribution in [0, 0.1) is 17.8 Å². The van der Waals surface area contributed by atoms with Crippen molar-refractivity contribution in [2.24, 2.45) is 17.8 Å². The molecule has 1 nitrogen and oxygen atoms in total. The van der Waals surface area contributed by atoms with E-state index in [4.69, 9.17) is 0 Å². The van der Waals surface area contributed by atoms with Crippen LogP contribution in [0.25, 0.3) is 0 Å². The predicted molar refractivity (Wildman–Crippen MR) is 86.0 cm³/mol. The van der Waals surface area contributed by atoms with Crippen molar-refractivity contribution in [3.05, 3.63) is 47.5 Å². The first-order valence-electron chi connectivity index (χ1n) is 8.30. The van der Waals surface area contributed by atoms with Crippen LogP contribution < -0.4 is 0 Å². The minimum absolute atomic E-state index is 0.214. The van der Waals surface area contributed by atoms with E-state index in [0.29, 0.717) is 17.9 Å². The topological polar surface area (TPSA) is 20.2 Å². The smallest absolute Gasteiger partial charge is 0.393 e. The molecule has 23 heavy (non-hydrogen) atoms. The molecule has 4 atom stereocenters. The number of aliphatic hydroxyl groups is 1. The second-order valence-corrected chi connectivity index (χ2v) is 6.80. The quantitative estimate of drug-likeness (QED) is 0.734. The van der Waals surface area contributed by atoms with Crippen molar-refractivity contribution in [3.63, 3.8) is 0 Å². The van der Waals surface area contributed by atoms with Crippen molar-refractivity contribution >= 4 is 0 Å². The molecule has 0 aromatic heterocycles. The largest absolute Gasteiger partial charge is 0.416 e. The van der Waals surface area contributed by atoms with E-state index < -0.39 is 11.7 Å². The average Bonchev–Trinajstić information content (AvgIpc) is 2.81. The normalized spacial score (nSPS) is 26.8. The summed E-state index contributed by atoms with van der Waals surface area (Å²) in [6.45, 7) is 4.22. The minimum atomic E-state index is -4.28. The Morgan fingerprint density at radius 2 is 2.04 bits per heavy atom. The molecule has 4 heteroatoms. The maximum Gasteiger partial charge on any atom is 0.416 e. The third-order valence-corrected chi connectivity index (χ3v) is 4.82. The van der Waals surface area contributed by atoms with Gasteiger partial charge in [0, 0.05) is 5.92 Å². The Morgan fingerprint density at radius 3 is 2.65 bits per heavy atom. The molecule has 2 rings (SSSR count). The van der Waals surface area contributed by atoms with Crippen molar-refractivity contribution < 1.29 is 18.3 Å². The zero-order valence-electron chi connectivity index (χ0n) is 13.7. The van der Waals surface area contributed by atoms with Crippen molar-refractivity contribution in [2.45, 2.75) is 51.8 Å². The maximum atomic E-state index is 12.7. The summed E-state index contributed by atoms with van der Waals surface area (Å²) in [6.07, 6.45) is 2.99. The number of benzene rings is 1. The fraction of sp³-hybridized carbons (Fsp3) is 0.579. The summed E-state index contributed by atoms with van der Waals surface area (Å²) < 4.78 is 38.1. The van der Waals surface area contributed by atoms with Crippen LogP contribution in [0.5, 0.6) is 0 Å². The number of halogens is 3. The number of aliphatic hydroxyl groups excluding tert-OH is 1. The van der Waals surface area contributed by atoms with Gasteiger partial charge >= 0.3 is 6.18 Å². The Morgan fingerprint density at radius 1 is 1.30 bits per heavy atom. The van der Waals surface area contributed by atoms with Gasteiger partial charge in [-0.05, 0) is 49.1 Å². The molecular formula is C19H25F3O. The standard InChI is InChI=1S/C19H25F3O/c1-13(7-10-17-14(2)8-11-18(17)23)6-9-15-4-3-5-16(12-15)19(20,21)22/h3-5,7,10,12-14,17-18,23H,6,8-9,11H2,1-2H3/b10-7+/t13-,14-,17+,18+/m0/s1. The van der Waals surface area contributed by atoms with E-state index in [2.05, 4.69) is 26.0 Å². The van der Waals surface area contributed by atoms with Gasteiger partial charge in [0.05, 0.1) is 11.7 Å². The molecule has 1 aliphatic carbocycles. The number of hydrogen-bond acceptors (Lipinski definition) is 1. The van der Waals surface area contributed by atoms with Gasteiger partial charge in [-0.25, -0.2) is 0 Å². The predicted octanol–water partition coefficient (Wildman–Crippen LogP) is 5.24. The number of aryl methyl sites for hydroxylation is 1. The molecular weight excluding hydrogens is 301 g/mol.